The molecule has 13 heteroatoms. The lowest BCUT2D eigenvalue weighted by molar-refractivity contribution is -0.143. The van der Waals surface area contributed by atoms with Gasteiger partial charge in [-0.3, -0.25) is 9.78 Å². The second kappa shape index (κ2) is 10.7. The van der Waals surface area contributed by atoms with Crippen molar-refractivity contribution in [2.75, 3.05) is 7.11 Å². The predicted molar refractivity (Wildman–Crippen MR) is 133 cm³/mol. The molecule has 0 spiro atoms. The van der Waals surface area contributed by atoms with E-state index < -0.39 is 35.0 Å². The molecule has 38 heavy (non-hydrogen) atoms. The Hall–Kier alpha value is -3.58. The van der Waals surface area contributed by atoms with Gasteiger partial charge in [-0.05, 0) is 59.7 Å². The van der Waals surface area contributed by atoms with Crippen molar-refractivity contribution in [3.05, 3.63) is 82.0 Å². The number of benzene rings is 2. The van der Waals surface area contributed by atoms with Gasteiger partial charge in [-0.15, -0.1) is 0 Å². The van der Waals surface area contributed by atoms with Crippen LogP contribution >= 0.6 is 24.0 Å². The number of amides is 1. The molecule has 2 aromatic carbocycles. The Morgan fingerprint density at radius 2 is 1.71 bits per heavy atom. The van der Waals surface area contributed by atoms with Crippen LogP contribution in [0.1, 0.15) is 22.4 Å². The third-order valence-corrected chi connectivity index (χ3v) is 6.39. The third-order valence-electron chi connectivity index (χ3n) is 5.23. The van der Waals surface area contributed by atoms with Crippen molar-refractivity contribution in [2.24, 2.45) is 0 Å². The number of alkyl halides is 6. The van der Waals surface area contributed by atoms with Gasteiger partial charge in [0, 0.05) is 11.8 Å². The van der Waals surface area contributed by atoms with E-state index >= 15 is 0 Å². The highest BCUT2D eigenvalue weighted by Crippen LogP contribution is 2.45. The molecule has 1 aliphatic rings. The Morgan fingerprint density at radius 3 is 2.24 bits per heavy atom. The van der Waals surface area contributed by atoms with Gasteiger partial charge in [0.2, 0.25) is 0 Å². The minimum absolute atomic E-state index is 0.0160. The minimum atomic E-state index is -5.05. The third kappa shape index (κ3) is 6.27. The summed E-state index contributed by atoms with van der Waals surface area (Å²) < 4.78 is 93.0. The molecular formula is C25H16F6N2O3S2. The first-order valence-electron chi connectivity index (χ1n) is 10.6. The molecule has 0 bridgehead atoms. The van der Waals surface area contributed by atoms with Crippen LogP contribution in [0.15, 0.2) is 59.6 Å². The number of carbonyl (C=O) groups excluding carboxylic acids is 1. The van der Waals surface area contributed by atoms with E-state index in [2.05, 4.69) is 10.3 Å². The lowest BCUT2D eigenvalue weighted by Crippen LogP contribution is -2.17. The quantitative estimate of drug-likeness (QED) is 0.199. The van der Waals surface area contributed by atoms with Gasteiger partial charge < -0.3 is 14.8 Å². The van der Waals surface area contributed by atoms with Gasteiger partial charge >= 0.3 is 12.4 Å². The summed E-state index contributed by atoms with van der Waals surface area (Å²) in [6.45, 7) is -0.151. The van der Waals surface area contributed by atoms with Crippen molar-refractivity contribution < 1.29 is 40.6 Å². The van der Waals surface area contributed by atoms with Crippen LogP contribution in [0.25, 0.3) is 17.2 Å². The normalized spacial score (nSPS) is 15.1. The number of aromatic nitrogens is 1. The number of halogens is 6. The number of carbonyl (C=O) groups is 1. The van der Waals surface area contributed by atoms with E-state index in [0.717, 1.165) is 11.8 Å². The molecule has 0 aliphatic carbocycles. The minimum Gasteiger partial charge on any atom is -0.493 e. The number of ether oxygens (including phenoxy) is 2. The Bertz CT molecular complexity index is 1390. The fourth-order valence-electron chi connectivity index (χ4n) is 3.53. The molecule has 1 amide bonds. The number of rotatable bonds is 6. The van der Waals surface area contributed by atoms with Crippen LogP contribution in [0, 0.1) is 0 Å². The van der Waals surface area contributed by atoms with E-state index in [9.17, 15) is 31.1 Å². The Kier molecular flexibility index (Phi) is 7.70. The predicted octanol–water partition coefficient (Wildman–Crippen LogP) is 6.86. The molecule has 0 unspecified atom stereocenters. The molecule has 0 radical (unpaired) electrons. The number of hydrogen-bond donors (Lipinski definition) is 1. The Labute approximate surface area is 221 Å². The van der Waals surface area contributed by atoms with Crippen molar-refractivity contribution in [1.82, 2.24) is 10.3 Å². The Morgan fingerprint density at radius 1 is 1.03 bits per heavy atom. The Balaban J connectivity index is 1.93. The molecule has 3 aromatic rings. The highest BCUT2D eigenvalue weighted by Gasteiger charge is 2.37. The topological polar surface area (TPSA) is 60.5 Å². The summed E-state index contributed by atoms with van der Waals surface area (Å²) in [5, 5.41) is 2.43. The fourth-order valence-corrected chi connectivity index (χ4v) is 4.58. The van der Waals surface area contributed by atoms with Crippen molar-refractivity contribution in [1.29, 1.82) is 0 Å². The number of pyridine rings is 1. The molecule has 5 nitrogen and oxygen atoms in total. The maximum Gasteiger partial charge on any atom is 0.416 e. The van der Waals surface area contributed by atoms with Gasteiger partial charge in [-0.25, -0.2) is 0 Å². The highest BCUT2D eigenvalue weighted by atomic mass is 32.2. The van der Waals surface area contributed by atoms with E-state index in [-0.39, 0.29) is 44.5 Å². The maximum atomic E-state index is 13.6. The van der Waals surface area contributed by atoms with Gasteiger partial charge in [-0.2, -0.15) is 26.3 Å². The van der Waals surface area contributed by atoms with Gasteiger partial charge in [0.05, 0.1) is 28.8 Å². The zero-order valence-corrected chi connectivity index (χ0v) is 20.9. The molecule has 1 aromatic heterocycles. The van der Waals surface area contributed by atoms with Crippen LogP contribution in [-0.4, -0.2) is 22.3 Å². The van der Waals surface area contributed by atoms with Gasteiger partial charge in [-0.1, -0.05) is 30.0 Å². The molecule has 0 saturated carbocycles. The number of thioether (sulfide) groups is 1. The monoisotopic (exact) mass is 570 g/mol. The second-order valence-electron chi connectivity index (χ2n) is 7.86. The molecule has 198 valence electrons. The van der Waals surface area contributed by atoms with Crippen molar-refractivity contribution in [2.45, 2.75) is 19.0 Å². The van der Waals surface area contributed by atoms with Gasteiger partial charge in [0.25, 0.3) is 5.91 Å². The molecule has 4 rings (SSSR count). The number of hydrogen-bond acceptors (Lipinski definition) is 6. The van der Waals surface area contributed by atoms with Crippen LogP contribution in [0.2, 0.25) is 0 Å². The fraction of sp³-hybridized carbons (Fsp3) is 0.160. The zero-order valence-electron chi connectivity index (χ0n) is 19.2. The molecule has 1 fully saturated rings. The molecule has 1 saturated heterocycles. The average Bonchev–Trinajstić information content (AvgIpc) is 3.18. The summed E-state index contributed by atoms with van der Waals surface area (Å²) in [7, 11) is 1.27. The van der Waals surface area contributed by atoms with Crippen LogP contribution in [0.4, 0.5) is 26.3 Å². The van der Waals surface area contributed by atoms with Gasteiger partial charge in [0.15, 0.2) is 11.5 Å². The first-order valence-corrected chi connectivity index (χ1v) is 11.9. The molecule has 0 atom stereocenters. The summed E-state index contributed by atoms with van der Waals surface area (Å²) in [6, 6.07) is 8.99. The van der Waals surface area contributed by atoms with E-state index in [0.29, 0.717) is 17.8 Å². The maximum absolute atomic E-state index is 13.6. The van der Waals surface area contributed by atoms with Gasteiger partial charge in [0.1, 0.15) is 10.9 Å². The first kappa shape index (κ1) is 27.5. The number of nitrogens with zero attached hydrogens (tertiary/aromatic N) is 1. The number of nitrogens with one attached hydrogen (secondary N) is 1. The molecular weight excluding hydrogens is 554 g/mol. The van der Waals surface area contributed by atoms with Crippen LogP contribution < -0.4 is 14.8 Å². The molecule has 1 aliphatic heterocycles. The van der Waals surface area contributed by atoms with Crippen LogP contribution in [-0.2, 0) is 23.8 Å². The summed E-state index contributed by atoms with van der Waals surface area (Å²) in [5.74, 6) is -0.580. The largest absolute Gasteiger partial charge is 0.493 e. The average molecular weight is 571 g/mol. The van der Waals surface area contributed by atoms with Crippen LogP contribution in [0.3, 0.4) is 0 Å². The summed E-state index contributed by atoms with van der Waals surface area (Å²) in [5.41, 5.74) is -2.79. The summed E-state index contributed by atoms with van der Waals surface area (Å²) in [6.07, 6.45) is -7.21. The highest BCUT2D eigenvalue weighted by molar-refractivity contribution is 8.26. The van der Waals surface area contributed by atoms with E-state index in [1.165, 1.54) is 31.5 Å². The molecule has 1 N–H and O–H groups in total. The zero-order chi connectivity index (χ0) is 27.7. The molecule has 2 heterocycles. The summed E-state index contributed by atoms with van der Waals surface area (Å²) in [4.78, 5) is 16.4. The smallest absolute Gasteiger partial charge is 0.416 e. The van der Waals surface area contributed by atoms with E-state index in [1.807, 2.05) is 0 Å². The SMILES string of the molecule is COc1cc(/C=C2\SC(=S)NC2=O)cc(-c2cc(C(F)(F)F)cc(C(F)(F)F)c2)c1OCc1ccccn1. The number of methoxy groups -OCH3 is 1. The van der Waals surface area contributed by atoms with E-state index in [1.54, 1.807) is 18.2 Å². The second-order valence-corrected chi connectivity index (χ2v) is 9.58. The van der Waals surface area contributed by atoms with Crippen LogP contribution in [0.5, 0.6) is 11.5 Å². The first-order chi connectivity index (χ1) is 17.8. The standard InChI is InChI=1S/C25H16F6N2O3S2/c1-35-19-7-13(8-20-22(34)33-23(37)38-20)6-18(21(19)36-12-17-4-2-3-5-32-17)14-9-15(24(26,27)28)11-16(10-14)25(29,30)31/h2-11H,12H2,1H3,(H,33,34,37)/b20-8-. The number of thiocarbonyl (C=S) groups is 1. The van der Waals surface area contributed by atoms with Crippen molar-refractivity contribution >= 4 is 40.3 Å². The lowest BCUT2D eigenvalue weighted by Gasteiger charge is -2.19. The lowest BCUT2D eigenvalue weighted by atomic mass is 9.96. The van der Waals surface area contributed by atoms with Crippen molar-refractivity contribution in [3.63, 3.8) is 0 Å². The van der Waals surface area contributed by atoms with E-state index in [4.69, 9.17) is 21.7 Å². The van der Waals surface area contributed by atoms with Crippen molar-refractivity contribution in [3.8, 4) is 22.6 Å². The summed E-state index contributed by atoms with van der Waals surface area (Å²) >= 11 is 5.93.